The molecule has 0 aromatic rings. The first-order valence-electron chi connectivity index (χ1n) is 6.38. The van der Waals surface area contributed by atoms with Gasteiger partial charge < -0.3 is 5.11 Å². The molecule has 9 heteroatoms. The summed E-state index contributed by atoms with van der Waals surface area (Å²) in [7, 11) is -4.04. The van der Waals surface area contributed by atoms with Crippen molar-refractivity contribution in [2.24, 2.45) is 0 Å². The molecule has 1 aliphatic rings. The standard InChI is InChI=1S/C11H18F3NO4S/c12-11(13,14)7-4-8-20(18,19)15-10(9(16)17)5-2-1-3-6-10/h15H,1-8H2,(H,16,17). The third-order valence-corrected chi connectivity index (χ3v) is 4.87. The number of carbonyl (C=O) groups is 1. The Morgan fingerprint density at radius 2 is 1.75 bits per heavy atom. The van der Waals surface area contributed by atoms with Gasteiger partial charge in [0.1, 0.15) is 5.54 Å². The van der Waals surface area contributed by atoms with Gasteiger partial charge in [-0.2, -0.15) is 17.9 Å². The molecule has 0 saturated heterocycles. The van der Waals surface area contributed by atoms with Crippen LogP contribution in [0, 0.1) is 0 Å². The van der Waals surface area contributed by atoms with E-state index in [9.17, 15) is 31.5 Å². The van der Waals surface area contributed by atoms with E-state index in [1.54, 1.807) is 0 Å². The van der Waals surface area contributed by atoms with E-state index in [-0.39, 0.29) is 12.8 Å². The van der Waals surface area contributed by atoms with Crippen molar-refractivity contribution in [2.75, 3.05) is 5.75 Å². The van der Waals surface area contributed by atoms with Crippen molar-refractivity contribution in [3.63, 3.8) is 0 Å². The van der Waals surface area contributed by atoms with Crippen LogP contribution in [0.3, 0.4) is 0 Å². The Morgan fingerprint density at radius 1 is 1.20 bits per heavy atom. The number of rotatable bonds is 6. The molecule has 5 nitrogen and oxygen atoms in total. The fourth-order valence-electron chi connectivity index (χ4n) is 2.33. The minimum atomic E-state index is -4.41. The molecule has 2 N–H and O–H groups in total. The number of hydrogen-bond donors (Lipinski definition) is 2. The van der Waals surface area contributed by atoms with E-state index in [0.717, 1.165) is 6.42 Å². The number of halogens is 3. The molecule has 0 aromatic heterocycles. The predicted octanol–water partition coefficient (Wildman–Crippen LogP) is 2.04. The summed E-state index contributed by atoms with van der Waals surface area (Å²) in [6.07, 6.45) is -3.87. The topological polar surface area (TPSA) is 83.5 Å². The summed E-state index contributed by atoms with van der Waals surface area (Å²) in [5, 5.41) is 9.20. The van der Waals surface area contributed by atoms with Gasteiger partial charge in [0.05, 0.1) is 5.75 Å². The third-order valence-electron chi connectivity index (χ3n) is 3.34. The van der Waals surface area contributed by atoms with Gasteiger partial charge in [-0.1, -0.05) is 19.3 Å². The molecule has 0 aliphatic heterocycles. The average molecular weight is 317 g/mol. The zero-order chi connectivity index (χ0) is 15.4. The van der Waals surface area contributed by atoms with Crippen molar-refractivity contribution in [2.45, 2.75) is 56.7 Å². The normalized spacial score (nSPS) is 19.8. The van der Waals surface area contributed by atoms with Crippen LogP contribution in [0.2, 0.25) is 0 Å². The summed E-state index contributed by atoms with van der Waals surface area (Å²) in [4.78, 5) is 11.3. The highest BCUT2D eigenvalue weighted by Crippen LogP contribution is 2.29. The number of sulfonamides is 1. The van der Waals surface area contributed by atoms with Crippen molar-refractivity contribution in [1.29, 1.82) is 0 Å². The number of nitrogens with one attached hydrogen (secondary N) is 1. The molecule has 118 valence electrons. The maximum absolute atomic E-state index is 12.0. The maximum atomic E-state index is 12.0. The molecular formula is C11H18F3NO4S. The Balaban J connectivity index is 2.65. The number of carboxylic acids is 1. The number of aliphatic carboxylic acids is 1. The van der Waals surface area contributed by atoms with E-state index in [1.807, 2.05) is 0 Å². The first-order chi connectivity index (χ1) is 9.06. The largest absolute Gasteiger partial charge is 0.480 e. The lowest BCUT2D eigenvalue weighted by Crippen LogP contribution is -2.56. The van der Waals surface area contributed by atoms with Crippen molar-refractivity contribution in [1.82, 2.24) is 4.72 Å². The quantitative estimate of drug-likeness (QED) is 0.785. The zero-order valence-electron chi connectivity index (χ0n) is 10.9. The highest BCUT2D eigenvalue weighted by atomic mass is 32.2. The summed E-state index contributed by atoms with van der Waals surface area (Å²) in [5.41, 5.74) is -1.56. The second-order valence-electron chi connectivity index (χ2n) is 5.09. The van der Waals surface area contributed by atoms with E-state index < -0.39 is 46.3 Å². The molecule has 0 unspecified atom stereocenters. The molecular weight excluding hydrogens is 299 g/mol. The summed E-state index contributed by atoms with van der Waals surface area (Å²) in [5.74, 6) is -1.99. The second-order valence-corrected chi connectivity index (χ2v) is 6.93. The Morgan fingerprint density at radius 3 is 2.20 bits per heavy atom. The van der Waals surface area contributed by atoms with Crippen LogP contribution in [0.15, 0.2) is 0 Å². The monoisotopic (exact) mass is 317 g/mol. The van der Waals surface area contributed by atoms with Crippen LogP contribution in [0.4, 0.5) is 13.2 Å². The molecule has 0 bridgehead atoms. The molecule has 1 saturated carbocycles. The third kappa shape index (κ3) is 5.28. The van der Waals surface area contributed by atoms with Gasteiger partial charge in [-0.15, -0.1) is 0 Å². The molecule has 1 fully saturated rings. The predicted molar refractivity (Wildman–Crippen MR) is 65.7 cm³/mol. The number of hydrogen-bond acceptors (Lipinski definition) is 3. The summed E-state index contributed by atoms with van der Waals surface area (Å²) in [6.45, 7) is 0. The lowest BCUT2D eigenvalue weighted by atomic mass is 9.83. The zero-order valence-corrected chi connectivity index (χ0v) is 11.7. The van der Waals surface area contributed by atoms with Gasteiger partial charge in [0.25, 0.3) is 0 Å². The van der Waals surface area contributed by atoms with Gasteiger partial charge in [0.2, 0.25) is 10.0 Å². The first-order valence-corrected chi connectivity index (χ1v) is 8.03. The lowest BCUT2D eigenvalue weighted by molar-refractivity contribution is -0.145. The molecule has 0 aromatic carbocycles. The minimum Gasteiger partial charge on any atom is -0.480 e. The van der Waals surface area contributed by atoms with Crippen LogP contribution in [-0.4, -0.2) is 37.0 Å². The van der Waals surface area contributed by atoms with Crippen molar-refractivity contribution < 1.29 is 31.5 Å². The van der Waals surface area contributed by atoms with Crippen LogP contribution >= 0.6 is 0 Å². The van der Waals surface area contributed by atoms with Gasteiger partial charge in [0.15, 0.2) is 0 Å². The van der Waals surface area contributed by atoms with E-state index >= 15 is 0 Å². The summed E-state index contributed by atoms with van der Waals surface area (Å²) in [6, 6.07) is 0. The molecule has 0 atom stereocenters. The Bertz CT molecular complexity index is 441. The van der Waals surface area contributed by atoms with Gasteiger partial charge in [-0.05, 0) is 19.3 Å². The van der Waals surface area contributed by atoms with E-state index in [0.29, 0.717) is 12.8 Å². The van der Waals surface area contributed by atoms with Gasteiger partial charge in [-0.3, -0.25) is 4.79 Å². The summed E-state index contributed by atoms with van der Waals surface area (Å²) < 4.78 is 61.6. The molecule has 0 heterocycles. The van der Waals surface area contributed by atoms with E-state index in [1.165, 1.54) is 0 Å². The lowest BCUT2D eigenvalue weighted by Gasteiger charge is -2.33. The van der Waals surface area contributed by atoms with Crippen LogP contribution in [-0.2, 0) is 14.8 Å². The smallest absolute Gasteiger partial charge is 0.389 e. The van der Waals surface area contributed by atoms with Crippen LogP contribution in [0.25, 0.3) is 0 Å². The number of carboxylic acid groups (broad SMARTS) is 1. The van der Waals surface area contributed by atoms with E-state index in [2.05, 4.69) is 4.72 Å². The molecule has 0 amide bonds. The van der Waals surface area contributed by atoms with Crippen molar-refractivity contribution in [3.05, 3.63) is 0 Å². The van der Waals surface area contributed by atoms with Crippen LogP contribution in [0.5, 0.6) is 0 Å². The van der Waals surface area contributed by atoms with Gasteiger partial charge in [-0.25, -0.2) is 8.42 Å². The van der Waals surface area contributed by atoms with Crippen LogP contribution < -0.4 is 4.72 Å². The fraction of sp³-hybridized carbons (Fsp3) is 0.909. The average Bonchev–Trinajstić information content (AvgIpc) is 2.27. The SMILES string of the molecule is O=C(O)C1(NS(=O)(=O)CCCC(F)(F)F)CCCCC1. The first kappa shape index (κ1) is 17.2. The summed E-state index contributed by atoms with van der Waals surface area (Å²) >= 11 is 0. The van der Waals surface area contributed by atoms with Crippen molar-refractivity contribution in [3.8, 4) is 0 Å². The highest BCUT2D eigenvalue weighted by Gasteiger charge is 2.42. The maximum Gasteiger partial charge on any atom is 0.389 e. The van der Waals surface area contributed by atoms with Crippen LogP contribution in [0.1, 0.15) is 44.9 Å². The Kier molecular flexibility index (Phi) is 5.42. The number of alkyl halides is 3. The van der Waals surface area contributed by atoms with Gasteiger partial charge >= 0.3 is 12.1 Å². The second kappa shape index (κ2) is 6.30. The van der Waals surface area contributed by atoms with Crippen molar-refractivity contribution >= 4 is 16.0 Å². The fourth-order valence-corrected chi connectivity index (χ4v) is 3.84. The Hall–Kier alpha value is -0.830. The molecule has 1 rings (SSSR count). The molecule has 20 heavy (non-hydrogen) atoms. The molecule has 1 aliphatic carbocycles. The Labute approximate surface area is 115 Å². The van der Waals surface area contributed by atoms with E-state index in [4.69, 9.17) is 0 Å². The minimum absolute atomic E-state index is 0.167. The molecule has 0 spiro atoms. The highest BCUT2D eigenvalue weighted by molar-refractivity contribution is 7.89. The molecule has 0 radical (unpaired) electrons. The van der Waals surface area contributed by atoms with Gasteiger partial charge in [0, 0.05) is 6.42 Å².